The Balaban J connectivity index is 2.96. The summed E-state index contributed by atoms with van der Waals surface area (Å²) in [6, 6.07) is 5.53. The van der Waals surface area contributed by atoms with Crippen LogP contribution in [0.25, 0.3) is 0 Å². The Morgan fingerprint density at radius 1 is 1.60 bits per heavy atom. The van der Waals surface area contributed by atoms with Gasteiger partial charge in [0, 0.05) is 6.20 Å². The highest BCUT2D eigenvalue weighted by Gasteiger charge is 1.94. The minimum Gasteiger partial charge on any atom is -0.382 e. The molecule has 3 nitrogen and oxygen atoms in total. The lowest BCUT2D eigenvalue weighted by Crippen LogP contribution is -2.13. The maximum absolute atomic E-state index is 5.47. The van der Waals surface area contributed by atoms with E-state index in [0.717, 1.165) is 5.69 Å². The Hall–Kier alpha value is -0.650. The highest BCUT2D eigenvalue weighted by atomic mass is 127. The summed E-state index contributed by atoms with van der Waals surface area (Å²) in [5, 5.41) is 0. The Kier molecular flexibility index (Phi) is 2.61. The standard InChI is InChI=1S/C6H6IN3/c7-10-6(8)5-3-1-2-4-9-5/h1-4H,(H2,8,10). The number of pyridine rings is 1. The molecule has 0 aliphatic heterocycles. The van der Waals surface area contributed by atoms with Gasteiger partial charge in [-0.15, -0.1) is 0 Å². The quantitative estimate of drug-likeness (QED) is 0.459. The third-order valence-electron chi connectivity index (χ3n) is 1.02. The van der Waals surface area contributed by atoms with Gasteiger partial charge in [0.15, 0.2) is 5.84 Å². The van der Waals surface area contributed by atoms with Crippen LogP contribution in [0, 0.1) is 0 Å². The van der Waals surface area contributed by atoms with Gasteiger partial charge in [-0.25, -0.2) is 0 Å². The van der Waals surface area contributed by atoms with Crippen molar-refractivity contribution in [3.63, 3.8) is 0 Å². The molecule has 0 fully saturated rings. The van der Waals surface area contributed by atoms with Crippen molar-refractivity contribution in [2.45, 2.75) is 0 Å². The summed E-state index contributed by atoms with van der Waals surface area (Å²) >= 11 is 1.84. The number of rotatable bonds is 1. The van der Waals surface area contributed by atoms with Crippen molar-refractivity contribution in [3.8, 4) is 0 Å². The van der Waals surface area contributed by atoms with Crippen molar-refractivity contribution in [1.82, 2.24) is 4.98 Å². The minimum absolute atomic E-state index is 0.459. The number of hydrogen-bond acceptors (Lipinski definition) is 2. The normalized spacial score (nSPS) is 11.5. The smallest absolute Gasteiger partial charge is 0.155 e. The molecule has 0 bridgehead atoms. The molecule has 0 saturated carbocycles. The molecule has 0 radical (unpaired) electrons. The molecule has 1 heterocycles. The molecule has 0 atom stereocenters. The van der Waals surface area contributed by atoms with E-state index in [1.807, 2.05) is 41.1 Å². The van der Waals surface area contributed by atoms with E-state index in [-0.39, 0.29) is 0 Å². The predicted octanol–water partition coefficient (Wildman–Crippen LogP) is 1.14. The summed E-state index contributed by atoms with van der Waals surface area (Å²) in [6.07, 6.45) is 1.68. The fraction of sp³-hybridized carbons (Fsp3) is 0. The van der Waals surface area contributed by atoms with Crippen LogP contribution in [0.5, 0.6) is 0 Å². The first-order valence-electron chi connectivity index (χ1n) is 2.70. The van der Waals surface area contributed by atoms with Crippen LogP contribution in [-0.4, -0.2) is 10.8 Å². The van der Waals surface area contributed by atoms with E-state index < -0.39 is 0 Å². The van der Waals surface area contributed by atoms with Gasteiger partial charge in [-0.05, 0) is 12.1 Å². The summed E-state index contributed by atoms with van der Waals surface area (Å²) in [5.41, 5.74) is 6.19. The number of nitrogens with two attached hydrogens (primary N) is 1. The second-order valence-corrected chi connectivity index (χ2v) is 2.17. The average Bonchev–Trinajstić information content (AvgIpc) is 2.05. The topological polar surface area (TPSA) is 51.3 Å². The van der Waals surface area contributed by atoms with Crippen LogP contribution in [0.2, 0.25) is 0 Å². The Bertz CT molecular complexity index is 232. The van der Waals surface area contributed by atoms with Gasteiger partial charge in [-0.1, -0.05) is 6.07 Å². The average molecular weight is 247 g/mol. The van der Waals surface area contributed by atoms with Crippen molar-refractivity contribution in [2.24, 2.45) is 8.94 Å². The van der Waals surface area contributed by atoms with Gasteiger partial charge in [0.05, 0.1) is 22.9 Å². The third kappa shape index (κ3) is 1.66. The summed E-state index contributed by atoms with van der Waals surface area (Å²) in [5.74, 6) is 0.459. The fourth-order valence-electron chi connectivity index (χ4n) is 0.558. The number of aromatic nitrogens is 1. The van der Waals surface area contributed by atoms with Crippen LogP contribution >= 0.6 is 22.9 Å². The minimum atomic E-state index is 0.459. The van der Waals surface area contributed by atoms with Gasteiger partial charge in [0.1, 0.15) is 5.69 Å². The molecule has 0 aromatic carbocycles. The van der Waals surface area contributed by atoms with Crippen molar-refractivity contribution >= 4 is 28.7 Å². The van der Waals surface area contributed by atoms with Crippen LogP contribution in [0.4, 0.5) is 0 Å². The van der Waals surface area contributed by atoms with E-state index in [1.165, 1.54) is 0 Å². The predicted molar refractivity (Wildman–Crippen MR) is 49.0 cm³/mol. The zero-order valence-corrected chi connectivity index (χ0v) is 7.32. The lowest BCUT2D eigenvalue weighted by atomic mass is 10.3. The maximum Gasteiger partial charge on any atom is 0.155 e. The Labute approximate surface area is 72.9 Å². The molecule has 0 unspecified atom stereocenters. The van der Waals surface area contributed by atoms with Gasteiger partial charge >= 0.3 is 0 Å². The molecule has 1 aromatic heterocycles. The monoisotopic (exact) mass is 247 g/mol. The van der Waals surface area contributed by atoms with Crippen molar-refractivity contribution in [2.75, 3.05) is 0 Å². The van der Waals surface area contributed by atoms with Crippen LogP contribution < -0.4 is 5.73 Å². The first-order valence-corrected chi connectivity index (χ1v) is 3.67. The second-order valence-electron chi connectivity index (χ2n) is 1.68. The molecule has 0 aliphatic rings. The largest absolute Gasteiger partial charge is 0.382 e. The number of nitrogens with zero attached hydrogens (tertiary/aromatic N) is 2. The second kappa shape index (κ2) is 3.50. The first-order chi connectivity index (χ1) is 4.84. The van der Waals surface area contributed by atoms with Gasteiger partial charge in [-0.2, -0.15) is 3.21 Å². The Morgan fingerprint density at radius 2 is 2.40 bits per heavy atom. The molecule has 4 heteroatoms. The number of hydrogen-bond donors (Lipinski definition) is 1. The summed E-state index contributed by atoms with van der Waals surface area (Å²) in [6.45, 7) is 0. The van der Waals surface area contributed by atoms with E-state index >= 15 is 0 Å². The lowest BCUT2D eigenvalue weighted by Gasteiger charge is -1.93. The highest BCUT2D eigenvalue weighted by Crippen LogP contribution is 1.94. The maximum atomic E-state index is 5.47. The van der Waals surface area contributed by atoms with Crippen molar-refractivity contribution in [1.29, 1.82) is 0 Å². The summed E-state index contributed by atoms with van der Waals surface area (Å²) in [4.78, 5) is 3.99. The molecule has 52 valence electrons. The van der Waals surface area contributed by atoms with Gasteiger partial charge < -0.3 is 5.73 Å². The van der Waals surface area contributed by atoms with E-state index in [4.69, 9.17) is 5.73 Å². The van der Waals surface area contributed by atoms with Crippen molar-refractivity contribution in [3.05, 3.63) is 30.1 Å². The van der Waals surface area contributed by atoms with Crippen LogP contribution in [-0.2, 0) is 0 Å². The fourth-order valence-corrected chi connectivity index (χ4v) is 0.805. The van der Waals surface area contributed by atoms with E-state index in [2.05, 4.69) is 8.19 Å². The van der Waals surface area contributed by atoms with Gasteiger partial charge in [0.25, 0.3) is 0 Å². The van der Waals surface area contributed by atoms with Crippen LogP contribution in [0.1, 0.15) is 5.69 Å². The van der Waals surface area contributed by atoms with Crippen LogP contribution in [0.3, 0.4) is 0 Å². The van der Waals surface area contributed by atoms with Crippen LogP contribution in [0.15, 0.2) is 27.6 Å². The molecule has 1 aromatic rings. The third-order valence-corrected chi connectivity index (χ3v) is 1.54. The summed E-state index contributed by atoms with van der Waals surface area (Å²) in [7, 11) is 0. The first kappa shape index (κ1) is 7.46. The molecular formula is C6H6IN3. The molecule has 1 rings (SSSR count). The molecule has 2 N–H and O–H groups in total. The zero-order valence-electron chi connectivity index (χ0n) is 5.16. The molecule has 0 saturated heterocycles. The van der Waals surface area contributed by atoms with Gasteiger partial charge in [-0.3, -0.25) is 4.98 Å². The molecule has 0 spiro atoms. The van der Waals surface area contributed by atoms with Crippen molar-refractivity contribution < 1.29 is 0 Å². The zero-order chi connectivity index (χ0) is 7.40. The highest BCUT2D eigenvalue weighted by molar-refractivity contribution is 14.1. The lowest BCUT2D eigenvalue weighted by molar-refractivity contribution is 1.28. The SMILES string of the molecule is N/C(=N\I)c1ccccn1. The number of halogens is 1. The Morgan fingerprint density at radius 3 is 2.90 bits per heavy atom. The molecule has 10 heavy (non-hydrogen) atoms. The number of amidine groups is 1. The molecular weight excluding hydrogens is 241 g/mol. The van der Waals surface area contributed by atoms with E-state index in [1.54, 1.807) is 6.20 Å². The molecule has 0 aliphatic carbocycles. The van der Waals surface area contributed by atoms with E-state index in [0.29, 0.717) is 5.84 Å². The van der Waals surface area contributed by atoms with Gasteiger partial charge in [0.2, 0.25) is 0 Å². The molecule has 0 amide bonds. The summed E-state index contributed by atoms with van der Waals surface area (Å²) < 4.78 is 3.76. The van der Waals surface area contributed by atoms with E-state index in [9.17, 15) is 0 Å².